The van der Waals surface area contributed by atoms with Crippen LogP contribution < -0.4 is 19.1 Å². The number of hydrogen-bond donors (Lipinski definition) is 0. The first-order valence-electron chi connectivity index (χ1n) is 9.31. The molecule has 32 heavy (non-hydrogen) atoms. The molecule has 0 bridgehead atoms. The Morgan fingerprint density at radius 3 is 2.47 bits per heavy atom. The van der Waals surface area contributed by atoms with E-state index in [0.717, 1.165) is 4.68 Å². The van der Waals surface area contributed by atoms with E-state index in [-0.39, 0.29) is 23.5 Å². The van der Waals surface area contributed by atoms with Crippen LogP contribution in [0.3, 0.4) is 0 Å². The first kappa shape index (κ1) is 21.4. The van der Waals surface area contributed by atoms with Crippen LogP contribution in [0.4, 0.5) is 18.9 Å². The lowest BCUT2D eigenvalue weighted by Crippen LogP contribution is -2.23. The molecule has 9 nitrogen and oxygen atoms in total. The zero-order chi connectivity index (χ0) is 23.0. The monoisotopic (exact) mass is 449 g/mol. The topological polar surface area (TPSA) is 91.6 Å². The molecule has 1 aliphatic heterocycles. The number of methoxy groups -OCH3 is 3. The largest absolute Gasteiger partial charge is 0.496 e. The number of carbonyl (C=O) groups excluding carboxylic acids is 1. The van der Waals surface area contributed by atoms with Crippen LogP contribution in [0.15, 0.2) is 30.7 Å². The van der Waals surface area contributed by atoms with Gasteiger partial charge in [0.2, 0.25) is 0 Å². The van der Waals surface area contributed by atoms with E-state index >= 15 is 0 Å². The second kappa shape index (κ2) is 8.02. The van der Waals surface area contributed by atoms with Crippen LogP contribution in [0.5, 0.6) is 17.4 Å². The fourth-order valence-corrected chi connectivity index (χ4v) is 3.42. The second-order valence-electron chi connectivity index (χ2n) is 6.87. The number of alkyl halides is 3. The van der Waals surface area contributed by atoms with Gasteiger partial charge in [-0.1, -0.05) is 0 Å². The van der Waals surface area contributed by atoms with Gasteiger partial charge in [-0.05, 0) is 6.07 Å². The molecule has 12 heteroatoms. The van der Waals surface area contributed by atoms with Gasteiger partial charge in [-0.15, -0.1) is 0 Å². The Labute approximate surface area is 180 Å². The van der Waals surface area contributed by atoms with Crippen molar-refractivity contribution < 1.29 is 32.2 Å². The van der Waals surface area contributed by atoms with Gasteiger partial charge in [-0.25, -0.2) is 9.97 Å². The molecule has 0 N–H and O–H groups in total. The minimum absolute atomic E-state index is 0.0524. The molecule has 0 spiro atoms. The first-order chi connectivity index (χ1) is 15.2. The third kappa shape index (κ3) is 3.90. The van der Waals surface area contributed by atoms with Crippen molar-refractivity contribution in [3.8, 4) is 28.6 Å². The SMILES string of the molecule is COc1cc(-c2cc(OC)c3c(n2)CN(c2cnn(CC(F)(F)F)c2)C3=O)cnc1OC. The molecule has 3 aromatic rings. The molecule has 0 aromatic carbocycles. The molecular weight excluding hydrogens is 431 g/mol. The molecule has 0 aliphatic carbocycles. The average Bonchev–Trinajstić information content (AvgIpc) is 3.35. The molecule has 0 saturated heterocycles. The van der Waals surface area contributed by atoms with Gasteiger partial charge in [-0.3, -0.25) is 14.4 Å². The summed E-state index contributed by atoms with van der Waals surface area (Å²) in [6.07, 6.45) is -0.496. The molecule has 4 rings (SSSR count). The summed E-state index contributed by atoms with van der Waals surface area (Å²) < 4.78 is 54.5. The Hall–Kier alpha value is -3.83. The Balaban J connectivity index is 1.69. The Kier molecular flexibility index (Phi) is 5.36. The molecule has 3 aromatic heterocycles. The number of amides is 1. The Bertz CT molecular complexity index is 1180. The molecule has 1 aliphatic rings. The number of carbonyl (C=O) groups is 1. The van der Waals surface area contributed by atoms with E-state index < -0.39 is 18.6 Å². The smallest absolute Gasteiger partial charge is 0.408 e. The van der Waals surface area contributed by atoms with Crippen molar-refractivity contribution in [1.29, 1.82) is 0 Å². The average molecular weight is 449 g/mol. The molecule has 0 fully saturated rings. The van der Waals surface area contributed by atoms with E-state index in [1.165, 1.54) is 38.6 Å². The molecular formula is C20H18F3N5O4. The fraction of sp³-hybridized carbons (Fsp3) is 0.300. The Morgan fingerprint density at radius 2 is 1.81 bits per heavy atom. The molecule has 168 valence electrons. The van der Waals surface area contributed by atoms with Crippen molar-refractivity contribution in [3.05, 3.63) is 42.0 Å². The number of anilines is 1. The standard InChI is InChI=1S/C20H18F3N5O4/c1-30-15-5-13(11-4-16(31-2)18(32-3)24-6-11)26-14-9-28(19(29)17(14)15)12-7-25-27(8-12)10-20(21,22)23/h4-8H,9-10H2,1-3H3. The highest BCUT2D eigenvalue weighted by Crippen LogP contribution is 2.37. The summed E-state index contributed by atoms with van der Waals surface area (Å²) in [7, 11) is 4.37. The van der Waals surface area contributed by atoms with Gasteiger partial charge in [0.15, 0.2) is 5.75 Å². The number of halogens is 3. The van der Waals surface area contributed by atoms with Crippen molar-refractivity contribution in [2.75, 3.05) is 26.2 Å². The van der Waals surface area contributed by atoms with Gasteiger partial charge in [-0.2, -0.15) is 18.3 Å². The normalized spacial score (nSPS) is 13.3. The number of pyridine rings is 2. The highest BCUT2D eigenvalue weighted by molar-refractivity contribution is 6.11. The van der Waals surface area contributed by atoms with Crippen LogP contribution in [-0.4, -0.2) is 53.2 Å². The van der Waals surface area contributed by atoms with Crippen LogP contribution in [0.1, 0.15) is 16.1 Å². The van der Waals surface area contributed by atoms with Crippen LogP contribution >= 0.6 is 0 Å². The lowest BCUT2D eigenvalue weighted by molar-refractivity contribution is -0.142. The van der Waals surface area contributed by atoms with Crippen LogP contribution in [0.2, 0.25) is 0 Å². The number of fused-ring (bicyclic) bond motifs is 1. The minimum Gasteiger partial charge on any atom is -0.496 e. The summed E-state index contributed by atoms with van der Waals surface area (Å²) in [6, 6.07) is 3.28. The summed E-state index contributed by atoms with van der Waals surface area (Å²) in [4.78, 5) is 23.1. The van der Waals surface area contributed by atoms with E-state index in [0.29, 0.717) is 28.6 Å². The maximum atomic E-state index is 13.0. The highest BCUT2D eigenvalue weighted by Gasteiger charge is 2.35. The minimum atomic E-state index is -4.42. The van der Waals surface area contributed by atoms with E-state index in [1.54, 1.807) is 18.3 Å². The van der Waals surface area contributed by atoms with Crippen LogP contribution in [-0.2, 0) is 13.1 Å². The van der Waals surface area contributed by atoms with E-state index in [1.807, 2.05) is 0 Å². The summed E-state index contributed by atoms with van der Waals surface area (Å²) in [5.74, 6) is 0.561. The lowest BCUT2D eigenvalue weighted by Gasteiger charge is -2.12. The van der Waals surface area contributed by atoms with Crippen LogP contribution in [0.25, 0.3) is 11.3 Å². The molecule has 0 saturated carbocycles. The van der Waals surface area contributed by atoms with Crippen molar-refractivity contribution in [2.45, 2.75) is 19.3 Å². The lowest BCUT2D eigenvalue weighted by atomic mass is 10.1. The fourth-order valence-electron chi connectivity index (χ4n) is 3.42. The number of nitrogens with zero attached hydrogens (tertiary/aromatic N) is 5. The highest BCUT2D eigenvalue weighted by atomic mass is 19.4. The van der Waals surface area contributed by atoms with Gasteiger partial charge < -0.3 is 14.2 Å². The maximum absolute atomic E-state index is 13.0. The zero-order valence-corrected chi connectivity index (χ0v) is 17.3. The third-order valence-corrected chi connectivity index (χ3v) is 4.84. The van der Waals surface area contributed by atoms with Gasteiger partial charge >= 0.3 is 6.18 Å². The number of ether oxygens (including phenoxy) is 3. The van der Waals surface area contributed by atoms with Gasteiger partial charge in [0.05, 0.1) is 51.1 Å². The van der Waals surface area contributed by atoms with Crippen molar-refractivity contribution >= 4 is 11.6 Å². The third-order valence-electron chi connectivity index (χ3n) is 4.84. The predicted molar refractivity (Wildman–Crippen MR) is 106 cm³/mol. The molecule has 0 radical (unpaired) electrons. The number of aromatic nitrogens is 4. The van der Waals surface area contributed by atoms with Crippen LogP contribution in [0, 0.1) is 0 Å². The zero-order valence-electron chi connectivity index (χ0n) is 17.3. The first-order valence-corrected chi connectivity index (χ1v) is 9.31. The van der Waals surface area contributed by atoms with Crippen molar-refractivity contribution in [2.24, 2.45) is 0 Å². The van der Waals surface area contributed by atoms with Gasteiger partial charge in [0.25, 0.3) is 11.8 Å². The van der Waals surface area contributed by atoms with E-state index in [2.05, 4.69) is 15.1 Å². The molecule has 0 atom stereocenters. The quantitative estimate of drug-likeness (QED) is 0.571. The summed E-state index contributed by atoms with van der Waals surface area (Å²) >= 11 is 0. The Morgan fingerprint density at radius 1 is 1.06 bits per heavy atom. The van der Waals surface area contributed by atoms with Gasteiger partial charge in [0, 0.05) is 24.0 Å². The van der Waals surface area contributed by atoms with E-state index in [4.69, 9.17) is 14.2 Å². The summed E-state index contributed by atoms with van der Waals surface area (Å²) in [5.41, 5.74) is 1.98. The summed E-state index contributed by atoms with van der Waals surface area (Å²) in [5, 5.41) is 3.70. The maximum Gasteiger partial charge on any atom is 0.408 e. The number of hydrogen-bond acceptors (Lipinski definition) is 7. The summed E-state index contributed by atoms with van der Waals surface area (Å²) in [6.45, 7) is -1.20. The second-order valence-corrected chi connectivity index (χ2v) is 6.87. The van der Waals surface area contributed by atoms with Crippen molar-refractivity contribution in [3.63, 3.8) is 0 Å². The predicted octanol–water partition coefficient (Wildman–Crippen LogP) is 3.09. The van der Waals surface area contributed by atoms with Crippen molar-refractivity contribution in [1.82, 2.24) is 19.7 Å². The molecule has 0 unspecified atom stereocenters. The van der Waals surface area contributed by atoms with Gasteiger partial charge in [0.1, 0.15) is 17.9 Å². The number of rotatable bonds is 6. The molecule has 4 heterocycles. The molecule has 1 amide bonds. The van der Waals surface area contributed by atoms with E-state index in [9.17, 15) is 18.0 Å².